The maximum atomic E-state index is 14.7. The van der Waals surface area contributed by atoms with E-state index >= 15 is 0 Å². The normalized spacial score (nSPS) is 32.7. The first-order chi connectivity index (χ1) is 12.6. The molecule has 3 saturated heterocycles. The highest BCUT2D eigenvalue weighted by Gasteiger charge is 2.60. The van der Waals surface area contributed by atoms with Crippen molar-refractivity contribution < 1.29 is 9.18 Å². The Morgan fingerprint density at radius 3 is 2.65 bits per heavy atom. The van der Waals surface area contributed by atoms with Crippen molar-refractivity contribution in [1.82, 2.24) is 10.2 Å². The zero-order valence-electron chi connectivity index (χ0n) is 14.8. The second-order valence-corrected chi connectivity index (χ2v) is 9.73. The average Bonchev–Trinajstić information content (AvgIpc) is 3.56. The molecular formula is C21H23FN2OS. The van der Waals surface area contributed by atoms with Gasteiger partial charge in [-0.3, -0.25) is 9.69 Å². The fraction of sp³-hybridized carbons (Fsp3) is 0.571. The molecule has 1 aromatic heterocycles. The largest absolute Gasteiger partial charge is 0.346 e. The number of carbonyl (C=O) groups excluding carboxylic acids is 1. The number of piperidine rings is 3. The van der Waals surface area contributed by atoms with Crippen LogP contribution in [0.1, 0.15) is 53.8 Å². The number of nitrogens with one attached hydrogen (secondary N) is 1. The van der Waals surface area contributed by atoms with Crippen molar-refractivity contribution in [1.29, 1.82) is 0 Å². The molecule has 5 fully saturated rings. The van der Waals surface area contributed by atoms with E-state index in [-0.39, 0.29) is 17.5 Å². The van der Waals surface area contributed by atoms with Crippen molar-refractivity contribution >= 4 is 27.3 Å². The van der Waals surface area contributed by atoms with Crippen LogP contribution in [0.5, 0.6) is 0 Å². The minimum atomic E-state index is -1.16. The lowest BCUT2D eigenvalue weighted by Crippen LogP contribution is -2.65. The standard InChI is InChI=1S/C21H23FN2OS/c22-20(6-7-20)15-3-1-2-14-12-16(26-17(14)15)19(25)23-18-13-4-10-24(11-5-13)21(18)8-9-21/h1-3,12-13,18H,4-11H2,(H,23,25)/t18-/m0/s1. The fourth-order valence-corrected chi connectivity index (χ4v) is 6.60. The first-order valence-corrected chi connectivity index (χ1v) is 10.7. The van der Waals surface area contributed by atoms with Crippen molar-refractivity contribution in [2.24, 2.45) is 5.92 Å². The summed E-state index contributed by atoms with van der Waals surface area (Å²) in [6, 6.07) is 8.04. The van der Waals surface area contributed by atoms with Gasteiger partial charge in [-0.1, -0.05) is 18.2 Å². The first kappa shape index (κ1) is 15.6. The smallest absolute Gasteiger partial charge is 0.261 e. The number of carbonyl (C=O) groups is 1. The van der Waals surface area contributed by atoms with E-state index in [1.807, 2.05) is 24.3 Å². The third-order valence-electron chi connectivity index (χ3n) is 7.21. The number of alkyl halides is 1. The number of fused-ring (bicyclic) bond motifs is 3. The molecule has 26 heavy (non-hydrogen) atoms. The molecule has 1 aromatic carbocycles. The van der Waals surface area contributed by atoms with Crippen LogP contribution in [0.3, 0.4) is 0 Å². The number of rotatable bonds is 3. The molecule has 2 aliphatic carbocycles. The van der Waals surface area contributed by atoms with Crippen molar-refractivity contribution in [3.8, 4) is 0 Å². The van der Waals surface area contributed by atoms with Gasteiger partial charge >= 0.3 is 0 Å². The Balaban J connectivity index is 1.31. The third kappa shape index (κ3) is 2.10. The molecule has 3 nitrogen and oxygen atoms in total. The van der Waals surface area contributed by atoms with E-state index in [0.717, 1.165) is 20.5 Å². The zero-order valence-corrected chi connectivity index (χ0v) is 15.6. The summed E-state index contributed by atoms with van der Waals surface area (Å²) in [5.74, 6) is 0.655. The molecule has 3 aliphatic heterocycles. The van der Waals surface area contributed by atoms with Gasteiger partial charge in [0, 0.05) is 15.8 Å². The Bertz CT molecular complexity index is 906. The van der Waals surface area contributed by atoms with Crippen LogP contribution in [0.2, 0.25) is 0 Å². The van der Waals surface area contributed by atoms with Gasteiger partial charge in [-0.2, -0.15) is 0 Å². The molecule has 2 saturated carbocycles. The Morgan fingerprint density at radius 1 is 1.19 bits per heavy atom. The Hall–Kier alpha value is -1.46. The molecule has 7 rings (SSSR count). The van der Waals surface area contributed by atoms with Crippen LogP contribution < -0.4 is 5.32 Å². The minimum absolute atomic E-state index is 0.0332. The number of amides is 1. The molecule has 5 heteroatoms. The Kier molecular flexibility index (Phi) is 3.04. The van der Waals surface area contributed by atoms with E-state index in [0.29, 0.717) is 18.8 Å². The summed E-state index contributed by atoms with van der Waals surface area (Å²) < 4.78 is 15.6. The summed E-state index contributed by atoms with van der Waals surface area (Å²) in [4.78, 5) is 16.4. The number of halogens is 1. The SMILES string of the molecule is O=C(N[C@H]1C2CCN(CC2)C12CC2)c1cc2cccc(C3(F)CC3)c2s1. The average molecular weight is 370 g/mol. The molecule has 4 heterocycles. The van der Waals surface area contributed by atoms with Crippen LogP contribution in [0.15, 0.2) is 24.3 Å². The number of nitrogens with zero attached hydrogens (tertiary/aromatic N) is 1. The molecule has 1 N–H and O–H groups in total. The molecule has 1 amide bonds. The summed E-state index contributed by atoms with van der Waals surface area (Å²) >= 11 is 1.46. The fourth-order valence-electron chi connectivity index (χ4n) is 5.44. The van der Waals surface area contributed by atoms with E-state index in [4.69, 9.17) is 0 Å². The minimum Gasteiger partial charge on any atom is -0.346 e. The van der Waals surface area contributed by atoms with Crippen molar-refractivity contribution in [3.05, 3.63) is 34.7 Å². The molecule has 1 atom stereocenters. The highest BCUT2D eigenvalue weighted by molar-refractivity contribution is 7.21. The number of thiophene rings is 1. The van der Waals surface area contributed by atoms with Gasteiger partial charge < -0.3 is 5.32 Å². The van der Waals surface area contributed by atoms with Crippen molar-refractivity contribution in [3.63, 3.8) is 0 Å². The highest BCUT2D eigenvalue weighted by Crippen LogP contribution is 2.54. The molecule has 0 radical (unpaired) electrons. The van der Waals surface area contributed by atoms with Crippen LogP contribution in [-0.4, -0.2) is 35.5 Å². The Labute approximate surface area is 156 Å². The van der Waals surface area contributed by atoms with Gasteiger partial charge in [-0.05, 0) is 69.0 Å². The second-order valence-electron chi connectivity index (χ2n) is 8.68. The molecule has 136 valence electrons. The molecular weight excluding hydrogens is 347 g/mol. The van der Waals surface area contributed by atoms with Crippen LogP contribution in [0.25, 0.3) is 10.1 Å². The quantitative estimate of drug-likeness (QED) is 0.877. The van der Waals surface area contributed by atoms with E-state index in [1.165, 1.54) is 50.1 Å². The summed E-state index contributed by atoms with van der Waals surface area (Å²) in [5, 5.41) is 4.39. The molecule has 5 aliphatic rings. The maximum absolute atomic E-state index is 14.7. The molecule has 2 bridgehead atoms. The lowest BCUT2D eigenvalue weighted by atomic mass is 9.77. The molecule has 1 spiro atoms. The molecule has 0 unspecified atom stereocenters. The summed E-state index contributed by atoms with van der Waals surface area (Å²) in [6.07, 6.45) is 6.05. The third-order valence-corrected chi connectivity index (χ3v) is 8.39. The second kappa shape index (κ2) is 5.08. The summed E-state index contributed by atoms with van der Waals surface area (Å²) in [7, 11) is 0. The number of hydrogen-bond acceptors (Lipinski definition) is 3. The van der Waals surface area contributed by atoms with Crippen LogP contribution in [0.4, 0.5) is 4.39 Å². The van der Waals surface area contributed by atoms with Gasteiger partial charge in [-0.25, -0.2) is 4.39 Å². The van der Waals surface area contributed by atoms with Crippen molar-refractivity contribution in [2.75, 3.05) is 13.1 Å². The van der Waals surface area contributed by atoms with Crippen LogP contribution in [-0.2, 0) is 5.67 Å². The number of hydrogen-bond donors (Lipinski definition) is 1. The van der Waals surface area contributed by atoms with E-state index < -0.39 is 5.67 Å². The summed E-state index contributed by atoms with van der Waals surface area (Å²) in [6.45, 7) is 2.39. The maximum Gasteiger partial charge on any atom is 0.261 e. The van der Waals surface area contributed by atoms with Gasteiger partial charge in [-0.15, -0.1) is 11.3 Å². The van der Waals surface area contributed by atoms with Gasteiger partial charge in [0.05, 0.1) is 10.9 Å². The van der Waals surface area contributed by atoms with E-state index in [2.05, 4.69) is 10.2 Å². The lowest BCUT2D eigenvalue weighted by molar-refractivity contribution is -0.00138. The lowest BCUT2D eigenvalue weighted by Gasteiger charge is -2.52. The van der Waals surface area contributed by atoms with E-state index in [9.17, 15) is 9.18 Å². The van der Waals surface area contributed by atoms with Crippen LogP contribution >= 0.6 is 11.3 Å². The van der Waals surface area contributed by atoms with Crippen LogP contribution in [0, 0.1) is 5.92 Å². The first-order valence-electron chi connectivity index (χ1n) is 9.87. The monoisotopic (exact) mass is 370 g/mol. The topological polar surface area (TPSA) is 32.3 Å². The summed E-state index contributed by atoms with van der Waals surface area (Å²) in [5.41, 5.74) is -0.137. The predicted octanol–water partition coefficient (Wildman–Crippen LogP) is 4.22. The van der Waals surface area contributed by atoms with Gasteiger partial charge in [0.1, 0.15) is 5.67 Å². The van der Waals surface area contributed by atoms with Crippen molar-refractivity contribution in [2.45, 2.75) is 55.8 Å². The predicted molar refractivity (Wildman–Crippen MR) is 101 cm³/mol. The highest BCUT2D eigenvalue weighted by atomic mass is 32.1. The number of benzene rings is 1. The van der Waals surface area contributed by atoms with Gasteiger partial charge in [0.15, 0.2) is 0 Å². The van der Waals surface area contributed by atoms with E-state index in [1.54, 1.807) is 0 Å². The van der Waals surface area contributed by atoms with Gasteiger partial charge in [0.25, 0.3) is 5.91 Å². The molecule has 2 aromatic rings. The van der Waals surface area contributed by atoms with Gasteiger partial charge in [0.2, 0.25) is 0 Å². The Morgan fingerprint density at radius 2 is 1.96 bits per heavy atom. The zero-order chi connectivity index (χ0) is 17.5.